The molecule has 0 amide bonds. The van der Waals surface area contributed by atoms with Crippen LogP contribution >= 0.6 is 11.8 Å². The van der Waals surface area contributed by atoms with Crippen LogP contribution in [-0.2, 0) is 13.6 Å². The smallest absolute Gasteiger partial charge is 0.313 e. The minimum absolute atomic E-state index is 0.340. The Hall–Kier alpha value is -1.50. The monoisotopic (exact) mass is 366 g/mol. The second kappa shape index (κ2) is 9.85. The van der Waals surface area contributed by atoms with Crippen molar-refractivity contribution in [2.45, 2.75) is 76.9 Å². The van der Waals surface area contributed by atoms with Crippen molar-refractivity contribution in [3.8, 4) is 0 Å². The molecule has 25 heavy (non-hydrogen) atoms. The molecule has 0 aliphatic carbocycles. The Bertz CT molecular complexity index is 791. The Morgan fingerprint density at radius 1 is 1.00 bits per heavy atom. The topological polar surface area (TPSA) is 72.7 Å². The molecule has 0 radical (unpaired) electrons. The molecule has 0 bridgehead atoms. The summed E-state index contributed by atoms with van der Waals surface area (Å²) in [6.45, 7) is 5.11. The number of aryl methyl sites for hydroxylation is 2. The van der Waals surface area contributed by atoms with Crippen LogP contribution < -0.4 is 11.2 Å². The number of unbranched alkanes of at least 4 members (excludes halogenated alkanes) is 6. The van der Waals surface area contributed by atoms with Crippen molar-refractivity contribution < 1.29 is 0 Å². The van der Waals surface area contributed by atoms with E-state index in [0.29, 0.717) is 11.2 Å². The van der Waals surface area contributed by atoms with Gasteiger partial charge in [0.05, 0.1) is 0 Å². The number of nitrogens with one attached hydrogen (secondary N) is 1. The third-order valence-corrected chi connectivity index (χ3v) is 5.50. The van der Waals surface area contributed by atoms with E-state index in [1.54, 1.807) is 18.8 Å². The van der Waals surface area contributed by atoms with Gasteiger partial charge in [0, 0.05) is 19.3 Å². The predicted molar refractivity (Wildman–Crippen MR) is 105 cm³/mol. The van der Waals surface area contributed by atoms with Crippen molar-refractivity contribution in [3.63, 3.8) is 0 Å². The molecule has 1 N–H and O–H groups in total. The molecule has 0 fully saturated rings. The number of nitrogens with zero attached hydrogens (tertiary/aromatic N) is 3. The zero-order valence-corrected chi connectivity index (χ0v) is 16.5. The molecule has 0 saturated heterocycles. The van der Waals surface area contributed by atoms with Crippen molar-refractivity contribution in [2.75, 3.05) is 5.75 Å². The number of aromatic amines is 1. The van der Waals surface area contributed by atoms with E-state index in [2.05, 4.69) is 23.8 Å². The van der Waals surface area contributed by atoms with E-state index in [1.807, 2.05) is 4.57 Å². The summed E-state index contributed by atoms with van der Waals surface area (Å²) in [5.41, 5.74) is 0.245. The highest BCUT2D eigenvalue weighted by Crippen LogP contribution is 2.23. The Morgan fingerprint density at radius 2 is 1.68 bits per heavy atom. The predicted octanol–water partition coefficient (Wildman–Crippen LogP) is 3.68. The number of thioether (sulfide) groups is 1. The molecule has 7 heteroatoms. The molecular formula is C18H30N4O2S. The number of rotatable bonds is 11. The molecular weight excluding hydrogens is 336 g/mol. The Kier molecular flexibility index (Phi) is 7.81. The van der Waals surface area contributed by atoms with Crippen molar-refractivity contribution in [1.82, 2.24) is 19.1 Å². The van der Waals surface area contributed by atoms with Crippen LogP contribution in [-0.4, -0.2) is 24.9 Å². The van der Waals surface area contributed by atoms with Gasteiger partial charge in [-0.25, -0.2) is 9.78 Å². The lowest BCUT2D eigenvalue weighted by molar-refractivity contribution is 0.599. The van der Waals surface area contributed by atoms with Gasteiger partial charge in [0.2, 0.25) is 0 Å². The summed E-state index contributed by atoms with van der Waals surface area (Å²) in [7, 11) is 1.65. The van der Waals surface area contributed by atoms with E-state index < -0.39 is 5.69 Å². The first-order chi connectivity index (χ1) is 12.1. The number of imidazole rings is 1. The Labute approximate surface area is 153 Å². The fourth-order valence-corrected chi connectivity index (χ4v) is 3.91. The maximum Gasteiger partial charge on any atom is 0.329 e. The minimum Gasteiger partial charge on any atom is -0.313 e. The minimum atomic E-state index is -0.412. The van der Waals surface area contributed by atoms with Gasteiger partial charge in [-0.15, -0.1) is 0 Å². The summed E-state index contributed by atoms with van der Waals surface area (Å²) in [6.07, 6.45) is 9.60. The second-order valence-corrected chi connectivity index (χ2v) is 7.57. The summed E-state index contributed by atoms with van der Waals surface area (Å²) in [5.74, 6) is 0.993. The summed E-state index contributed by atoms with van der Waals surface area (Å²) in [6, 6.07) is 0. The van der Waals surface area contributed by atoms with Crippen molar-refractivity contribution in [1.29, 1.82) is 0 Å². The van der Waals surface area contributed by atoms with Gasteiger partial charge in [-0.05, 0) is 12.8 Å². The molecule has 2 aromatic heterocycles. The average molecular weight is 367 g/mol. The molecule has 6 nitrogen and oxygen atoms in total. The standard InChI is InChI=1S/C18H30N4O2S/c1-4-6-8-9-10-11-13-25-18-19-15-14(22(18)12-7-5-2)16(23)20-17(24)21(15)3/h4-13H2,1-3H3,(H,20,23,24). The van der Waals surface area contributed by atoms with E-state index in [4.69, 9.17) is 0 Å². The number of aromatic nitrogens is 4. The maximum atomic E-state index is 12.3. The lowest BCUT2D eigenvalue weighted by Gasteiger charge is -2.07. The fraction of sp³-hybridized carbons (Fsp3) is 0.722. The van der Waals surface area contributed by atoms with E-state index in [1.165, 1.54) is 36.7 Å². The van der Waals surface area contributed by atoms with Crippen LogP contribution in [0.4, 0.5) is 0 Å². The summed E-state index contributed by atoms with van der Waals surface area (Å²) < 4.78 is 3.41. The quantitative estimate of drug-likeness (QED) is 0.486. The summed E-state index contributed by atoms with van der Waals surface area (Å²) >= 11 is 1.69. The van der Waals surface area contributed by atoms with Crippen molar-refractivity contribution in [2.24, 2.45) is 7.05 Å². The highest BCUT2D eigenvalue weighted by atomic mass is 32.2. The SMILES string of the molecule is CCCCCCCCSc1nc2c(c(=O)[nH]c(=O)n2C)n1CCCC. The molecule has 2 heterocycles. The highest BCUT2D eigenvalue weighted by molar-refractivity contribution is 7.99. The second-order valence-electron chi connectivity index (χ2n) is 6.51. The van der Waals surface area contributed by atoms with Gasteiger partial charge in [-0.2, -0.15) is 0 Å². The van der Waals surface area contributed by atoms with Crippen LogP contribution in [0.3, 0.4) is 0 Å². The average Bonchev–Trinajstić information content (AvgIpc) is 2.96. The Balaban J connectivity index is 2.15. The van der Waals surface area contributed by atoms with Gasteiger partial charge < -0.3 is 4.57 Å². The third kappa shape index (κ3) is 5.00. The summed E-state index contributed by atoms with van der Waals surface area (Å²) in [5, 5.41) is 0.851. The first-order valence-corrected chi connectivity index (χ1v) is 10.4. The van der Waals surface area contributed by atoms with E-state index in [0.717, 1.165) is 36.7 Å². The van der Waals surface area contributed by atoms with E-state index in [9.17, 15) is 9.59 Å². The molecule has 2 rings (SSSR count). The molecule has 140 valence electrons. The lowest BCUT2D eigenvalue weighted by Crippen LogP contribution is -2.29. The number of hydrogen-bond donors (Lipinski definition) is 1. The highest BCUT2D eigenvalue weighted by Gasteiger charge is 2.17. The molecule has 0 unspecified atom stereocenters. The lowest BCUT2D eigenvalue weighted by atomic mass is 10.1. The first-order valence-electron chi connectivity index (χ1n) is 9.42. The van der Waals surface area contributed by atoms with Crippen LogP contribution in [0, 0.1) is 0 Å². The third-order valence-electron chi connectivity index (χ3n) is 4.44. The largest absolute Gasteiger partial charge is 0.329 e. The van der Waals surface area contributed by atoms with Gasteiger partial charge in [0.25, 0.3) is 5.56 Å². The van der Waals surface area contributed by atoms with Crippen LogP contribution in [0.5, 0.6) is 0 Å². The van der Waals surface area contributed by atoms with Gasteiger partial charge in [-0.1, -0.05) is 64.1 Å². The molecule has 0 spiro atoms. The van der Waals surface area contributed by atoms with Gasteiger partial charge in [0.15, 0.2) is 16.3 Å². The molecule has 0 aliphatic heterocycles. The van der Waals surface area contributed by atoms with E-state index >= 15 is 0 Å². The van der Waals surface area contributed by atoms with Crippen LogP contribution in [0.25, 0.3) is 11.2 Å². The van der Waals surface area contributed by atoms with Crippen LogP contribution in [0.15, 0.2) is 14.7 Å². The molecule has 2 aromatic rings. The zero-order chi connectivity index (χ0) is 18.2. The summed E-state index contributed by atoms with van der Waals surface area (Å²) in [4.78, 5) is 31.1. The van der Waals surface area contributed by atoms with Crippen molar-refractivity contribution >= 4 is 22.9 Å². The Morgan fingerprint density at radius 3 is 2.40 bits per heavy atom. The normalized spacial score (nSPS) is 11.5. The van der Waals surface area contributed by atoms with Crippen molar-refractivity contribution in [3.05, 3.63) is 20.8 Å². The van der Waals surface area contributed by atoms with Gasteiger partial charge in [-0.3, -0.25) is 14.3 Å². The van der Waals surface area contributed by atoms with Gasteiger partial charge in [0.1, 0.15) is 0 Å². The van der Waals surface area contributed by atoms with E-state index in [-0.39, 0.29) is 5.56 Å². The fourth-order valence-electron chi connectivity index (χ4n) is 2.89. The van der Waals surface area contributed by atoms with Gasteiger partial charge >= 0.3 is 5.69 Å². The number of hydrogen-bond acceptors (Lipinski definition) is 4. The van der Waals surface area contributed by atoms with Crippen LogP contribution in [0.1, 0.15) is 65.2 Å². The molecule has 0 atom stereocenters. The zero-order valence-electron chi connectivity index (χ0n) is 15.6. The molecule has 0 saturated carbocycles. The number of H-pyrrole nitrogens is 1. The first kappa shape index (κ1) is 19.8. The molecule has 0 aromatic carbocycles. The number of fused-ring (bicyclic) bond motifs is 1. The van der Waals surface area contributed by atoms with Crippen LogP contribution in [0.2, 0.25) is 0 Å². The maximum absolute atomic E-state index is 12.3. The molecule has 0 aliphatic rings.